The number of hydrogen-bond donors (Lipinski definition) is 1. The van der Waals surface area contributed by atoms with Gasteiger partial charge in [-0.1, -0.05) is 5.16 Å². The van der Waals surface area contributed by atoms with E-state index in [1.54, 1.807) is 6.92 Å². The van der Waals surface area contributed by atoms with Gasteiger partial charge in [0.15, 0.2) is 5.82 Å². The summed E-state index contributed by atoms with van der Waals surface area (Å²) in [5.74, 6) is 2.34. The second-order valence-corrected chi connectivity index (χ2v) is 4.88. The molecule has 104 valence electrons. The second-order valence-electron chi connectivity index (χ2n) is 4.88. The van der Waals surface area contributed by atoms with E-state index >= 15 is 0 Å². The third-order valence-electron chi connectivity index (χ3n) is 3.48. The zero-order valence-electron chi connectivity index (χ0n) is 11.9. The molecule has 0 aliphatic heterocycles. The predicted octanol–water partition coefficient (Wildman–Crippen LogP) is 1.68. The van der Waals surface area contributed by atoms with Crippen LogP contribution in [0, 0.1) is 27.7 Å². The van der Waals surface area contributed by atoms with Crippen molar-refractivity contribution in [3.63, 3.8) is 0 Å². The molecular formula is C13H16N6O. The SMILES string of the molecule is Cc1nc(N)c2c(C)c(C)n(Cc3noc(C)n3)c2n1. The van der Waals surface area contributed by atoms with E-state index in [0.29, 0.717) is 29.9 Å². The van der Waals surface area contributed by atoms with Crippen LogP contribution in [0.4, 0.5) is 5.82 Å². The Morgan fingerprint density at radius 3 is 2.50 bits per heavy atom. The van der Waals surface area contributed by atoms with Crippen molar-refractivity contribution in [2.45, 2.75) is 34.2 Å². The predicted molar refractivity (Wildman–Crippen MR) is 74.3 cm³/mol. The largest absolute Gasteiger partial charge is 0.383 e. The standard InChI is InChI=1S/C13H16N6O/c1-6-7(2)19(5-10-17-9(4)20-18-10)13-11(6)12(14)15-8(3)16-13/h5H2,1-4H3,(H2,14,15,16). The van der Waals surface area contributed by atoms with Gasteiger partial charge in [-0.3, -0.25) is 0 Å². The van der Waals surface area contributed by atoms with Crippen molar-refractivity contribution in [1.82, 2.24) is 24.7 Å². The third-order valence-corrected chi connectivity index (χ3v) is 3.48. The average Bonchev–Trinajstić information content (AvgIpc) is 2.87. The zero-order chi connectivity index (χ0) is 14.4. The van der Waals surface area contributed by atoms with Crippen LogP contribution in [0.3, 0.4) is 0 Å². The number of fused-ring (bicyclic) bond motifs is 1. The van der Waals surface area contributed by atoms with Gasteiger partial charge in [0.05, 0.1) is 11.9 Å². The Bertz CT molecular complexity index is 801. The Hall–Kier alpha value is -2.44. The molecule has 0 aliphatic carbocycles. The normalized spacial score (nSPS) is 11.4. The molecule has 2 N–H and O–H groups in total. The Morgan fingerprint density at radius 2 is 1.85 bits per heavy atom. The molecule has 3 rings (SSSR count). The molecule has 7 nitrogen and oxygen atoms in total. The number of nitrogens with zero attached hydrogens (tertiary/aromatic N) is 5. The molecule has 20 heavy (non-hydrogen) atoms. The average molecular weight is 272 g/mol. The first-order valence-corrected chi connectivity index (χ1v) is 6.36. The van der Waals surface area contributed by atoms with E-state index in [1.165, 1.54) is 0 Å². The van der Waals surface area contributed by atoms with Crippen LogP contribution in [0.25, 0.3) is 11.0 Å². The minimum atomic E-state index is 0.503. The summed E-state index contributed by atoms with van der Waals surface area (Å²) in [6, 6.07) is 0. The lowest BCUT2D eigenvalue weighted by molar-refractivity contribution is 0.386. The lowest BCUT2D eigenvalue weighted by Crippen LogP contribution is -2.06. The topological polar surface area (TPSA) is 95.7 Å². The monoisotopic (exact) mass is 272 g/mol. The van der Waals surface area contributed by atoms with Crippen LogP contribution in [0.15, 0.2) is 4.52 Å². The van der Waals surface area contributed by atoms with Crippen molar-refractivity contribution >= 4 is 16.9 Å². The number of aryl methyl sites for hydroxylation is 3. The molecule has 0 aliphatic rings. The van der Waals surface area contributed by atoms with Gasteiger partial charge in [-0.15, -0.1) is 0 Å². The molecular weight excluding hydrogens is 256 g/mol. The van der Waals surface area contributed by atoms with E-state index in [0.717, 1.165) is 22.3 Å². The fourth-order valence-corrected chi connectivity index (χ4v) is 2.42. The van der Waals surface area contributed by atoms with Gasteiger partial charge >= 0.3 is 0 Å². The van der Waals surface area contributed by atoms with E-state index in [2.05, 4.69) is 20.1 Å². The first-order chi connectivity index (χ1) is 9.47. The highest BCUT2D eigenvalue weighted by atomic mass is 16.5. The highest BCUT2D eigenvalue weighted by molar-refractivity contribution is 5.91. The summed E-state index contributed by atoms with van der Waals surface area (Å²) < 4.78 is 7.05. The number of rotatable bonds is 2. The van der Waals surface area contributed by atoms with Crippen molar-refractivity contribution < 1.29 is 4.52 Å². The van der Waals surface area contributed by atoms with E-state index in [4.69, 9.17) is 10.3 Å². The molecule has 0 amide bonds. The maximum Gasteiger partial charge on any atom is 0.223 e. The molecule has 0 aromatic carbocycles. The highest BCUT2D eigenvalue weighted by Crippen LogP contribution is 2.28. The van der Waals surface area contributed by atoms with Crippen molar-refractivity contribution in [2.75, 3.05) is 5.73 Å². The molecule has 0 unspecified atom stereocenters. The molecule has 0 atom stereocenters. The van der Waals surface area contributed by atoms with Crippen LogP contribution in [-0.4, -0.2) is 24.7 Å². The molecule has 0 fully saturated rings. The van der Waals surface area contributed by atoms with Gasteiger partial charge in [-0.05, 0) is 26.3 Å². The quantitative estimate of drug-likeness (QED) is 0.762. The van der Waals surface area contributed by atoms with Crippen molar-refractivity contribution in [3.05, 3.63) is 28.8 Å². The number of nitrogens with two attached hydrogens (primary N) is 1. The van der Waals surface area contributed by atoms with Gasteiger partial charge in [0.2, 0.25) is 5.89 Å². The fraction of sp³-hybridized carbons (Fsp3) is 0.385. The molecule has 0 bridgehead atoms. The Labute approximate surface area is 115 Å². The van der Waals surface area contributed by atoms with Gasteiger partial charge in [0, 0.05) is 12.6 Å². The van der Waals surface area contributed by atoms with Crippen molar-refractivity contribution in [2.24, 2.45) is 0 Å². The lowest BCUT2D eigenvalue weighted by Gasteiger charge is -2.05. The van der Waals surface area contributed by atoms with E-state index in [9.17, 15) is 0 Å². The van der Waals surface area contributed by atoms with Crippen LogP contribution in [0.2, 0.25) is 0 Å². The van der Waals surface area contributed by atoms with Gasteiger partial charge in [-0.2, -0.15) is 4.98 Å². The number of anilines is 1. The summed E-state index contributed by atoms with van der Waals surface area (Å²) in [5, 5.41) is 4.83. The van der Waals surface area contributed by atoms with Gasteiger partial charge in [0.25, 0.3) is 0 Å². The Balaban J connectivity index is 2.22. The number of nitrogen functional groups attached to an aromatic ring is 1. The van der Waals surface area contributed by atoms with Crippen molar-refractivity contribution in [1.29, 1.82) is 0 Å². The molecule has 7 heteroatoms. The maximum absolute atomic E-state index is 6.02. The summed E-state index contributed by atoms with van der Waals surface area (Å²) in [5.41, 5.74) is 8.99. The molecule has 0 spiro atoms. The van der Waals surface area contributed by atoms with Gasteiger partial charge < -0.3 is 14.8 Å². The van der Waals surface area contributed by atoms with E-state index < -0.39 is 0 Å². The maximum atomic E-state index is 6.02. The Kier molecular flexibility index (Phi) is 2.70. The van der Waals surface area contributed by atoms with Gasteiger partial charge in [-0.25, -0.2) is 9.97 Å². The zero-order valence-corrected chi connectivity index (χ0v) is 11.9. The summed E-state index contributed by atoms with van der Waals surface area (Å²) in [6.45, 7) is 8.15. The van der Waals surface area contributed by atoms with Crippen LogP contribution in [-0.2, 0) is 6.54 Å². The van der Waals surface area contributed by atoms with Crippen LogP contribution < -0.4 is 5.73 Å². The first kappa shape index (κ1) is 12.6. The summed E-state index contributed by atoms with van der Waals surface area (Å²) in [4.78, 5) is 13.0. The summed E-state index contributed by atoms with van der Waals surface area (Å²) in [7, 11) is 0. The fourth-order valence-electron chi connectivity index (χ4n) is 2.42. The van der Waals surface area contributed by atoms with Crippen LogP contribution in [0.5, 0.6) is 0 Å². The second kappa shape index (κ2) is 4.29. The van der Waals surface area contributed by atoms with Crippen LogP contribution >= 0.6 is 0 Å². The molecule has 0 saturated carbocycles. The molecule has 3 heterocycles. The van der Waals surface area contributed by atoms with Crippen LogP contribution in [0.1, 0.15) is 28.8 Å². The van der Waals surface area contributed by atoms with Gasteiger partial charge in [0.1, 0.15) is 17.3 Å². The molecule has 0 saturated heterocycles. The lowest BCUT2D eigenvalue weighted by atomic mass is 10.2. The highest BCUT2D eigenvalue weighted by Gasteiger charge is 2.17. The number of hydrogen-bond acceptors (Lipinski definition) is 6. The summed E-state index contributed by atoms with van der Waals surface area (Å²) >= 11 is 0. The number of aromatic nitrogens is 5. The summed E-state index contributed by atoms with van der Waals surface area (Å²) in [6.07, 6.45) is 0. The minimum Gasteiger partial charge on any atom is -0.383 e. The van der Waals surface area contributed by atoms with E-state index in [1.807, 2.05) is 25.3 Å². The Morgan fingerprint density at radius 1 is 1.10 bits per heavy atom. The molecule has 0 radical (unpaired) electrons. The first-order valence-electron chi connectivity index (χ1n) is 6.36. The van der Waals surface area contributed by atoms with Crippen molar-refractivity contribution in [3.8, 4) is 0 Å². The smallest absolute Gasteiger partial charge is 0.223 e. The third kappa shape index (κ3) is 1.82. The minimum absolute atomic E-state index is 0.503. The molecule has 3 aromatic rings. The molecule has 3 aromatic heterocycles. The van der Waals surface area contributed by atoms with E-state index in [-0.39, 0.29) is 0 Å².